The Labute approximate surface area is 220 Å². The van der Waals surface area contributed by atoms with E-state index < -0.39 is 0 Å². The van der Waals surface area contributed by atoms with Gasteiger partial charge in [0, 0.05) is 16.8 Å². The minimum absolute atomic E-state index is 0.909. The molecule has 0 N–H and O–H groups in total. The first-order chi connectivity index (χ1) is 18.3. The van der Waals surface area contributed by atoms with Gasteiger partial charge in [0.2, 0.25) is 0 Å². The summed E-state index contributed by atoms with van der Waals surface area (Å²) in [7, 11) is 0. The highest BCUT2D eigenvalue weighted by Crippen LogP contribution is 2.48. The molecule has 0 saturated carbocycles. The predicted molar refractivity (Wildman–Crippen MR) is 155 cm³/mol. The van der Waals surface area contributed by atoms with Gasteiger partial charge in [0.05, 0.1) is 15.5 Å². The number of para-hydroxylation sites is 2. The molecular formula is C34H23NOS. The Morgan fingerprint density at radius 3 is 2.05 bits per heavy atom. The van der Waals surface area contributed by atoms with Crippen molar-refractivity contribution in [2.24, 2.45) is 0 Å². The van der Waals surface area contributed by atoms with Crippen LogP contribution in [0.1, 0.15) is 0 Å². The van der Waals surface area contributed by atoms with Crippen molar-refractivity contribution in [3.8, 4) is 22.6 Å². The Hall–Kier alpha value is -4.47. The standard InChI is InChI=1S/C34H23NOS/c1-2-11-27(12-3-1)35(30-14-8-10-25-9-4-5-13-29(25)30)28-20-17-24(18-21-28)26-19-22-34-32(23-26)36-31-15-6-7-16-33(31)37-34/h1-23H. The first-order valence-corrected chi connectivity index (χ1v) is 13.2. The number of benzene rings is 6. The molecule has 0 spiro atoms. The number of rotatable bonds is 4. The molecule has 0 atom stereocenters. The van der Waals surface area contributed by atoms with Crippen molar-refractivity contribution in [2.75, 3.05) is 4.90 Å². The van der Waals surface area contributed by atoms with Crippen molar-refractivity contribution >= 4 is 39.6 Å². The van der Waals surface area contributed by atoms with Gasteiger partial charge in [-0.05, 0) is 71.1 Å². The molecule has 0 unspecified atom stereocenters. The van der Waals surface area contributed by atoms with Crippen molar-refractivity contribution < 1.29 is 4.74 Å². The molecule has 1 aliphatic heterocycles. The average molecular weight is 494 g/mol. The van der Waals surface area contributed by atoms with Crippen LogP contribution in [-0.2, 0) is 0 Å². The van der Waals surface area contributed by atoms with Gasteiger partial charge in [0.15, 0.2) is 0 Å². The zero-order chi connectivity index (χ0) is 24.6. The van der Waals surface area contributed by atoms with E-state index in [2.05, 4.69) is 126 Å². The number of nitrogens with zero attached hydrogens (tertiary/aromatic N) is 1. The van der Waals surface area contributed by atoms with E-state index in [1.807, 2.05) is 18.2 Å². The van der Waals surface area contributed by atoms with E-state index in [1.165, 1.54) is 10.8 Å². The topological polar surface area (TPSA) is 12.5 Å². The maximum absolute atomic E-state index is 6.23. The normalized spacial score (nSPS) is 11.9. The molecule has 7 rings (SSSR count). The van der Waals surface area contributed by atoms with Crippen LogP contribution in [0.4, 0.5) is 17.1 Å². The number of hydrogen-bond acceptors (Lipinski definition) is 3. The van der Waals surface area contributed by atoms with Crippen molar-refractivity contribution in [1.82, 2.24) is 0 Å². The zero-order valence-electron chi connectivity index (χ0n) is 20.0. The Bertz CT molecular complexity index is 1720. The van der Waals surface area contributed by atoms with Crippen LogP contribution in [0.5, 0.6) is 11.5 Å². The second kappa shape index (κ2) is 9.20. The van der Waals surface area contributed by atoms with Crippen molar-refractivity contribution in [2.45, 2.75) is 9.79 Å². The van der Waals surface area contributed by atoms with Gasteiger partial charge in [-0.25, -0.2) is 0 Å². The Kier molecular flexibility index (Phi) is 5.41. The lowest BCUT2D eigenvalue weighted by Gasteiger charge is -2.27. The van der Waals surface area contributed by atoms with Gasteiger partial charge in [0.25, 0.3) is 0 Å². The molecular weight excluding hydrogens is 470 g/mol. The lowest BCUT2D eigenvalue weighted by Crippen LogP contribution is -2.10. The number of hydrogen-bond donors (Lipinski definition) is 0. The molecule has 37 heavy (non-hydrogen) atoms. The molecule has 1 heterocycles. The van der Waals surface area contributed by atoms with Crippen LogP contribution in [-0.4, -0.2) is 0 Å². The molecule has 0 aliphatic carbocycles. The van der Waals surface area contributed by atoms with E-state index in [4.69, 9.17) is 4.74 Å². The van der Waals surface area contributed by atoms with E-state index in [-0.39, 0.29) is 0 Å². The molecule has 0 fully saturated rings. The van der Waals surface area contributed by atoms with Crippen LogP contribution < -0.4 is 9.64 Å². The minimum Gasteiger partial charge on any atom is -0.455 e. The maximum atomic E-state index is 6.23. The quantitative estimate of drug-likeness (QED) is 0.242. The third-order valence-corrected chi connectivity index (χ3v) is 7.83. The summed E-state index contributed by atoms with van der Waals surface area (Å²) >= 11 is 1.76. The van der Waals surface area contributed by atoms with E-state index in [0.29, 0.717) is 0 Å². The molecule has 0 radical (unpaired) electrons. The minimum atomic E-state index is 0.909. The van der Waals surface area contributed by atoms with Crippen LogP contribution in [0, 0.1) is 0 Å². The highest BCUT2D eigenvalue weighted by molar-refractivity contribution is 7.99. The second-order valence-electron chi connectivity index (χ2n) is 9.03. The molecule has 6 aromatic rings. The maximum Gasteiger partial charge on any atom is 0.142 e. The monoisotopic (exact) mass is 493 g/mol. The average Bonchev–Trinajstić information content (AvgIpc) is 2.97. The number of anilines is 3. The summed E-state index contributed by atoms with van der Waals surface area (Å²) in [5.41, 5.74) is 5.70. The Balaban J connectivity index is 1.27. The first-order valence-electron chi connectivity index (χ1n) is 12.4. The van der Waals surface area contributed by atoms with Gasteiger partial charge in [-0.1, -0.05) is 96.7 Å². The second-order valence-corrected chi connectivity index (χ2v) is 10.1. The summed E-state index contributed by atoms with van der Waals surface area (Å²) in [6, 6.07) is 49.1. The summed E-state index contributed by atoms with van der Waals surface area (Å²) in [5, 5.41) is 2.45. The smallest absolute Gasteiger partial charge is 0.142 e. The van der Waals surface area contributed by atoms with Crippen LogP contribution in [0.25, 0.3) is 21.9 Å². The van der Waals surface area contributed by atoms with Gasteiger partial charge < -0.3 is 9.64 Å². The van der Waals surface area contributed by atoms with E-state index in [9.17, 15) is 0 Å². The van der Waals surface area contributed by atoms with Crippen LogP contribution >= 0.6 is 11.8 Å². The molecule has 0 amide bonds. The summed E-state index contributed by atoms with van der Waals surface area (Å²) < 4.78 is 6.23. The summed E-state index contributed by atoms with van der Waals surface area (Å²) in [6.07, 6.45) is 0. The van der Waals surface area contributed by atoms with Crippen molar-refractivity contribution in [3.05, 3.63) is 140 Å². The van der Waals surface area contributed by atoms with Crippen LogP contribution in [0.15, 0.2) is 149 Å². The van der Waals surface area contributed by atoms with E-state index in [0.717, 1.165) is 49.5 Å². The van der Waals surface area contributed by atoms with Crippen molar-refractivity contribution in [3.63, 3.8) is 0 Å². The SMILES string of the molecule is c1ccc(N(c2ccc(-c3ccc4c(c3)Oc3ccccc3S4)cc2)c2cccc3ccccc23)cc1. The number of fused-ring (bicyclic) bond motifs is 3. The molecule has 0 bridgehead atoms. The van der Waals surface area contributed by atoms with Gasteiger partial charge >= 0.3 is 0 Å². The van der Waals surface area contributed by atoms with E-state index >= 15 is 0 Å². The third-order valence-electron chi connectivity index (χ3n) is 6.71. The lowest BCUT2D eigenvalue weighted by atomic mass is 10.0. The third kappa shape index (κ3) is 4.04. The fourth-order valence-electron chi connectivity index (χ4n) is 4.92. The van der Waals surface area contributed by atoms with Crippen molar-refractivity contribution in [1.29, 1.82) is 0 Å². The molecule has 176 valence electrons. The van der Waals surface area contributed by atoms with Gasteiger partial charge in [-0.2, -0.15) is 0 Å². The lowest BCUT2D eigenvalue weighted by molar-refractivity contribution is 0.455. The summed E-state index contributed by atoms with van der Waals surface area (Å²) in [5.74, 6) is 1.83. The fraction of sp³-hybridized carbons (Fsp3) is 0. The molecule has 2 nitrogen and oxygen atoms in total. The Morgan fingerprint density at radius 1 is 0.486 bits per heavy atom. The van der Waals surface area contributed by atoms with Gasteiger partial charge in [-0.3, -0.25) is 0 Å². The molecule has 0 aromatic heterocycles. The fourth-order valence-corrected chi connectivity index (χ4v) is 5.85. The predicted octanol–water partition coefficient (Wildman–Crippen LogP) is 10.2. The largest absolute Gasteiger partial charge is 0.455 e. The zero-order valence-corrected chi connectivity index (χ0v) is 20.9. The first kappa shape index (κ1) is 21.8. The molecule has 1 aliphatic rings. The van der Waals surface area contributed by atoms with Gasteiger partial charge in [-0.15, -0.1) is 0 Å². The van der Waals surface area contributed by atoms with Crippen LogP contribution in [0.3, 0.4) is 0 Å². The molecule has 0 saturated heterocycles. The molecule has 6 aromatic carbocycles. The van der Waals surface area contributed by atoms with Gasteiger partial charge in [0.1, 0.15) is 11.5 Å². The molecule has 3 heteroatoms. The highest BCUT2D eigenvalue weighted by Gasteiger charge is 2.19. The Morgan fingerprint density at radius 2 is 1.16 bits per heavy atom. The summed E-state index contributed by atoms with van der Waals surface area (Å²) in [4.78, 5) is 4.63. The highest BCUT2D eigenvalue weighted by atomic mass is 32.2. The number of ether oxygens (including phenoxy) is 1. The van der Waals surface area contributed by atoms with E-state index in [1.54, 1.807) is 11.8 Å². The summed E-state index contributed by atoms with van der Waals surface area (Å²) in [6.45, 7) is 0. The van der Waals surface area contributed by atoms with Crippen LogP contribution in [0.2, 0.25) is 0 Å².